The Labute approximate surface area is 114 Å². The van der Waals surface area contributed by atoms with E-state index in [1.807, 2.05) is 36.5 Å². The van der Waals surface area contributed by atoms with Crippen LogP contribution >= 0.6 is 15.9 Å². The van der Waals surface area contributed by atoms with Crippen molar-refractivity contribution >= 4 is 26.8 Å². The number of para-hydroxylation sites is 1. The summed E-state index contributed by atoms with van der Waals surface area (Å²) < 4.78 is 3.14. The van der Waals surface area contributed by atoms with Gasteiger partial charge in [-0.15, -0.1) is 0 Å². The number of aliphatic hydroxyl groups excluding tert-OH is 1. The molecule has 3 aromatic rings. The first kappa shape index (κ1) is 11.5. The van der Waals surface area contributed by atoms with Crippen molar-refractivity contribution in [1.29, 1.82) is 0 Å². The van der Waals surface area contributed by atoms with E-state index in [0.29, 0.717) is 0 Å². The van der Waals surface area contributed by atoms with Crippen LogP contribution in [0.5, 0.6) is 0 Å². The molecule has 0 amide bonds. The Balaban J connectivity index is 2.28. The highest BCUT2D eigenvalue weighted by Gasteiger charge is 2.07. The highest BCUT2D eigenvalue weighted by molar-refractivity contribution is 9.10. The minimum atomic E-state index is 0.0501. The van der Waals surface area contributed by atoms with E-state index in [1.54, 1.807) is 0 Å². The highest BCUT2D eigenvalue weighted by atomic mass is 79.9. The Kier molecular flexibility index (Phi) is 2.94. The van der Waals surface area contributed by atoms with Gasteiger partial charge in [-0.25, -0.2) is 0 Å². The average molecular weight is 302 g/mol. The summed E-state index contributed by atoms with van der Waals surface area (Å²) in [7, 11) is 0. The molecule has 0 saturated heterocycles. The molecule has 0 fully saturated rings. The molecule has 0 bridgehead atoms. The minimum Gasteiger partial charge on any atom is -0.392 e. The standard InChI is InChI=1S/C15H12BrNO/c16-14-8-11(10-18)9-15-13(14)6-7-17(15)12-4-2-1-3-5-12/h1-9,18H,10H2. The van der Waals surface area contributed by atoms with Crippen molar-refractivity contribution in [3.63, 3.8) is 0 Å². The summed E-state index contributed by atoms with van der Waals surface area (Å²) >= 11 is 3.55. The van der Waals surface area contributed by atoms with Gasteiger partial charge in [0.15, 0.2) is 0 Å². The van der Waals surface area contributed by atoms with Crippen molar-refractivity contribution in [2.45, 2.75) is 6.61 Å². The topological polar surface area (TPSA) is 25.2 Å². The van der Waals surface area contributed by atoms with Crippen molar-refractivity contribution in [2.24, 2.45) is 0 Å². The predicted octanol–water partition coefficient (Wildman–Crippen LogP) is 3.89. The molecule has 3 heteroatoms. The summed E-state index contributed by atoms with van der Waals surface area (Å²) in [6.45, 7) is 0.0501. The second-order valence-corrected chi connectivity index (χ2v) is 5.04. The lowest BCUT2D eigenvalue weighted by Crippen LogP contribution is -1.92. The Morgan fingerprint density at radius 1 is 1.06 bits per heavy atom. The largest absolute Gasteiger partial charge is 0.392 e. The van der Waals surface area contributed by atoms with Gasteiger partial charge in [0.25, 0.3) is 0 Å². The first-order chi connectivity index (χ1) is 8.79. The normalized spacial score (nSPS) is 11.0. The predicted molar refractivity (Wildman–Crippen MR) is 76.9 cm³/mol. The van der Waals surface area contributed by atoms with Crippen LogP contribution < -0.4 is 0 Å². The third-order valence-electron chi connectivity index (χ3n) is 3.03. The van der Waals surface area contributed by atoms with Gasteiger partial charge in [0.2, 0.25) is 0 Å². The molecular weight excluding hydrogens is 290 g/mol. The van der Waals surface area contributed by atoms with E-state index in [-0.39, 0.29) is 6.61 Å². The van der Waals surface area contributed by atoms with Crippen LogP contribution in [0.25, 0.3) is 16.6 Å². The van der Waals surface area contributed by atoms with E-state index in [2.05, 4.69) is 38.7 Å². The van der Waals surface area contributed by atoms with Crippen LogP contribution in [-0.4, -0.2) is 9.67 Å². The summed E-state index contributed by atoms with van der Waals surface area (Å²) in [4.78, 5) is 0. The van der Waals surface area contributed by atoms with Crippen LogP contribution in [0.2, 0.25) is 0 Å². The van der Waals surface area contributed by atoms with Crippen molar-refractivity contribution in [2.75, 3.05) is 0 Å². The molecule has 0 unspecified atom stereocenters. The van der Waals surface area contributed by atoms with Crippen molar-refractivity contribution in [3.05, 3.63) is 64.8 Å². The second-order valence-electron chi connectivity index (χ2n) is 4.19. The fraction of sp³-hybridized carbons (Fsp3) is 0.0667. The van der Waals surface area contributed by atoms with Crippen molar-refractivity contribution in [1.82, 2.24) is 4.57 Å². The Morgan fingerprint density at radius 3 is 2.56 bits per heavy atom. The van der Waals surface area contributed by atoms with Gasteiger partial charge in [0.05, 0.1) is 12.1 Å². The van der Waals surface area contributed by atoms with E-state index in [1.165, 1.54) is 0 Å². The third kappa shape index (κ3) is 1.85. The summed E-state index contributed by atoms with van der Waals surface area (Å²) in [5, 5.41) is 10.4. The molecular formula is C15H12BrNO. The van der Waals surface area contributed by atoms with Crippen LogP contribution in [0, 0.1) is 0 Å². The SMILES string of the molecule is OCc1cc(Br)c2ccn(-c3ccccc3)c2c1. The Morgan fingerprint density at radius 2 is 1.83 bits per heavy atom. The van der Waals surface area contributed by atoms with Crippen LogP contribution in [0.4, 0.5) is 0 Å². The van der Waals surface area contributed by atoms with E-state index in [9.17, 15) is 5.11 Å². The number of hydrogen-bond acceptors (Lipinski definition) is 1. The molecule has 2 aromatic carbocycles. The number of fused-ring (bicyclic) bond motifs is 1. The van der Waals surface area contributed by atoms with Crippen LogP contribution in [0.15, 0.2) is 59.2 Å². The molecule has 90 valence electrons. The molecule has 1 aromatic heterocycles. The summed E-state index contributed by atoms with van der Waals surface area (Å²) in [6, 6.07) is 16.2. The Hall–Kier alpha value is -1.58. The quantitative estimate of drug-likeness (QED) is 0.763. The monoisotopic (exact) mass is 301 g/mol. The van der Waals surface area contributed by atoms with Gasteiger partial charge in [-0.2, -0.15) is 0 Å². The number of aliphatic hydroxyl groups is 1. The zero-order valence-corrected chi connectivity index (χ0v) is 11.3. The number of benzene rings is 2. The molecule has 0 aliphatic rings. The zero-order chi connectivity index (χ0) is 12.5. The number of aromatic nitrogens is 1. The molecule has 1 N–H and O–H groups in total. The van der Waals surface area contributed by atoms with Gasteiger partial charge in [0, 0.05) is 21.7 Å². The molecule has 0 aliphatic carbocycles. The zero-order valence-electron chi connectivity index (χ0n) is 9.68. The van der Waals surface area contributed by atoms with Gasteiger partial charge < -0.3 is 9.67 Å². The van der Waals surface area contributed by atoms with Crippen LogP contribution in [0.1, 0.15) is 5.56 Å². The first-order valence-electron chi connectivity index (χ1n) is 5.75. The Bertz CT molecular complexity index is 688. The van der Waals surface area contributed by atoms with Crippen LogP contribution in [-0.2, 0) is 6.61 Å². The minimum absolute atomic E-state index is 0.0501. The first-order valence-corrected chi connectivity index (χ1v) is 6.54. The van der Waals surface area contributed by atoms with Crippen molar-refractivity contribution in [3.8, 4) is 5.69 Å². The van der Waals surface area contributed by atoms with Gasteiger partial charge >= 0.3 is 0 Å². The van der Waals surface area contributed by atoms with Gasteiger partial charge in [0.1, 0.15) is 0 Å². The highest BCUT2D eigenvalue weighted by Crippen LogP contribution is 2.28. The second kappa shape index (κ2) is 4.59. The lowest BCUT2D eigenvalue weighted by molar-refractivity contribution is 0.282. The van der Waals surface area contributed by atoms with Crippen molar-refractivity contribution < 1.29 is 5.11 Å². The maximum atomic E-state index is 9.29. The lowest BCUT2D eigenvalue weighted by atomic mass is 10.2. The molecule has 0 atom stereocenters. The molecule has 3 rings (SSSR count). The van der Waals surface area contributed by atoms with Gasteiger partial charge in [-0.3, -0.25) is 0 Å². The van der Waals surface area contributed by atoms with Gasteiger partial charge in [-0.1, -0.05) is 34.1 Å². The fourth-order valence-electron chi connectivity index (χ4n) is 2.16. The summed E-state index contributed by atoms with van der Waals surface area (Å²) in [5.41, 5.74) is 3.12. The van der Waals surface area contributed by atoms with Crippen LogP contribution in [0.3, 0.4) is 0 Å². The van der Waals surface area contributed by atoms with E-state index >= 15 is 0 Å². The third-order valence-corrected chi connectivity index (χ3v) is 3.69. The number of nitrogens with zero attached hydrogens (tertiary/aromatic N) is 1. The molecule has 0 radical (unpaired) electrons. The van der Waals surface area contributed by atoms with Gasteiger partial charge in [-0.05, 0) is 35.9 Å². The molecule has 0 spiro atoms. The summed E-state index contributed by atoms with van der Waals surface area (Å²) in [6.07, 6.45) is 2.05. The smallest absolute Gasteiger partial charge is 0.0683 e. The maximum Gasteiger partial charge on any atom is 0.0683 e. The molecule has 2 nitrogen and oxygen atoms in total. The molecule has 18 heavy (non-hydrogen) atoms. The average Bonchev–Trinajstić information content (AvgIpc) is 2.84. The molecule has 1 heterocycles. The molecule has 0 aliphatic heterocycles. The number of hydrogen-bond donors (Lipinski definition) is 1. The van der Waals surface area contributed by atoms with E-state index in [4.69, 9.17) is 0 Å². The summed E-state index contributed by atoms with van der Waals surface area (Å²) in [5.74, 6) is 0. The number of halogens is 1. The van der Waals surface area contributed by atoms with E-state index in [0.717, 1.165) is 26.6 Å². The maximum absolute atomic E-state index is 9.29. The lowest BCUT2D eigenvalue weighted by Gasteiger charge is -2.07. The number of rotatable bonds is 2. The van der Waals surface area contributed by atoms with E-state index < -0.39 is 0 Å². The molecule has 0 saturated carbocycles. The fourth-order valence-corrected chi connectivity index (χ4v) is 2.79.